The standard InChI is InChI=1S/C6H12O.C3H8/c1-6-3-2-4-7-5-6;1-3-2/h6H,2-5H2,1H3;3H2,1-2H3. The molecule has 1 rings (SSSR count). The molecule has 1 atom stereocenters. The van der Waals surface area contributed by atoms with Gasteiger partial charge in [0.25, 0.3) is 0 Å². The van der Waals surface area contributed by atoms with Crippen molar-refractivity contribution in [3.05, 3.63) is 0 Å². The third kappa shape index (κ3) is 6.09. The van der Waals surface area contributed by atoms with Gasteiger partial charge < -0.3 is 4.74 Å². The molecule has 1 fully saturated rings. The van der Waals surface area contributed by atoms with Crippen LogP contribution in [0.2, 0.25) is 0 Å². The van der Waals surface area contributed by atoms with E-state index >= 15 is 0 Å². The van der Waals surface area contributed by atoms with Crippen LogP contribution in [-0.2, 0) is 4.74 Å². The fraction of sp³-hybridized carbons (Fsp3) is 1.00. The lowest BCUT2D eigenvalue weighted by molar-refractivity contribution is 0.0616. The molecule has 0 saturated carbocycles. The Morgan fingerprint density at radius 2 is 2.00 bits per heavy atom. The van der Waals surface area contributed by atoms with Crippen LogP contribution in [0.1, 0.15) is 40.0 Å². The van der Waals surface area contributed by atoms with E-state index in [0.717, 1.165) is 19.1 Å². The molecule has 1 unspecified atom stereocenters. The first-order valence-corrected chi connectivity index (χ1v) is 4.39. The zero-order valence-corrected chi connectivity index (χ0v) is 7.52. The molecular formula is C9H20O. The molecule has 0 aromatic heterocycles. The van der Waals surface area contributed by atoms with E-state index in [0.29, 0.717) is 0 Å². The van der Waals surface area contributed by atoms with Gasteiger partial charge in [-0.3, -0.25) is 0 Å². The van der Waals surface area contributed by atoms with Crippen molar-refractivity contribution < 1.29 is 4.74 Å². The first kappa shape index (κ1) is 9.96. The molecule has 1 aliphatic rings. The lowest BCUT2D eigenvalue weighted by atomic mass is 10.1. The van der Waals surface area contributed by atoms with E-state index in [1.165, 1.54) is 19.3 Å². The van der Waals surface area contributed by atoms with Crippen molar-refractivity contribution in [2.24, 2.45) is 5.92 Å². The summed E-state index contributed by atoms with van der Waals surface area (Å²) in [4.78, 5) is 0. The van der Waals surface area contributed by atoms with Crippen LogP contribution in [-0.4, -0.2) is 13.2 Å². The van der Waals surface area contributed by atoms with Crippen molar-refractivity contribution in [3.63, 3.8) is 0 Å². The summed E-state index contributed by atoms with van der Waals surface area (Å²) in [5.41, 5.74) is 0. The highest BCUT2D eigenvalue weighted by molar-refractivity contribution is 4.55. The molecule has 0 radical (unpaired) electrons. The fourth-order valence-electron chi connectivity index (χ4n) is 0.902. The van der Waals surface area contributed by atoms with Crippen LogP contribution in [0, 0.1) is 5.92 Å². The molecule has 1 aliphatic heterocycles. The Hall–Kier alpha value is -0.0400. The molecule has 1 heteroatoms. The van der Waals surface area contributed by atoms with E-state index in [1.54, 1.807) is 0 Å². The van der Waals surface area contributed by atoms with E-state index in [1.807, 2.05) is 0 Å². The maximum Gasteiger partial charge on any atom is 0.0491 e. The smallest absolute Gasteiger partial charge is 0.0491 e. The van der Waals surface area contributed by atoms with Gasteiger partial charge in [0.05, 0.1) is 0 Å². The van der Waals surface area contributed by atoms with Crippen molar-refractivity contribution in [3.8, 4) is 0 Å². The van der Waals surface area contributed by atoms with Crippen LogP contribution < -0.4 is 0 Å². The number of hydrogen-bond donors (Lipinski definition) is 0. The molecule has 0 aromatic carbocycles. The maximum absolute atomic E-state index is 5.18. The van der Waals surface area contributed by atoms with Crippen molar-refractivity contribution in [2.45, 2.75) is 40.0 Å². The van der Waals surface area contributed by atoms with Gasteiger partial charge in [-0.2, -0.15) is 0 Å². The lowest BCUT2D eigenvalue weighted by Crippen LogP contribution is -2.13. The summed E-state index contributed by atoms with van der Waals surface area (Å²) in [5.74, 6) is 0.814. The van der Waals surface area contributed by atoms with Gasteiger partial charge in [0, 0.05) is 13.2 Å². The van der Waals surface area contributed by atoms with E-state index in [2.05, 4.69) is 20.8 Å². The van der Waals surface area contributed by atoms with E-state index in [4.69, 9.17) is 4.74 Å². The molecule has 0 N–H and O–H groups in total. The van der Waals surface area contributed by atoms with Crippen LogP contribution in [0.15, 0.2) is 0 Å². The van der Waals surface area contributed by atoms with Crippen LogP contribution in [0.5, 0.6) is 0 Å². The number of ether oxygens (including phenoxy) is 1. The average molecular weight is 144 g/mol. The molecule has 1 nitrogen and oxygen atoms in total. The van der Waals surface area contributed by atoms with Gasteiger partial charge >= 0.3 is 0 Å². The molecule has 1 heterocycles. The highest BCUT2D eigenvalue weighted by Gasteiger charge is 2.06. The number of hydrogen-bond acceptors (Lipinski definition) is 1. The van der Waals surface area contributed by atoms with Gasteiger partial charge in [0.1, 0.15) is 0 Å². The Morgan fingerprint density at radius 3 is 2.20 bits per heavy atom. The molecule has 0 bridgehead atoms. The SMILES string of the molecule is CC1CCCOC1.CCC. The van der Waals surface area contributed by atoms with Crippen molar-refractivity contribution in [1.82, 2.24) is 0 Å². The first-order chi connectivity index (χ1) is 4.81. The van der Waals surface area contributed by atoms with E-state index in [-0.39, 0.29) is 0 Å². The quantitative estimate of drug-likeness (QED) is 0.508. The zero-order chi connectivity index (χ0) is 7.82. The number of rotatable bonds is 0. The molecule has 0 aromatic rings. The van der Waals surface area contributed by atoms with Gasteiger partial charge in [0.15, 0.2) is 0 Å². The van der Waals surface area contributed by atoms with Crippen molar-refractivity contribution in [1.29, 1.82) is 0 Å². The molecule has 62 valence electrons. The molecule has 0 spiro atoms. The van der Waals surface area contributed by atoms with Gasteiger partial charge in [-0.25, -0.2) is 0 Å². The van der Waals surface area contributed by atoms with Crippen LogP contribution in [0.25, 0.3) is 0 Å². The summed E-state index contributed by atoms with van der Waals surface area (Å²) in [6.45, 7) is 8.46. The largest absolute Gasteiger partial charge is 0.381 e. The first-order valence-electron chi connectivity index (χ1n) is 4.39. The Kier molecular flexibility index (Phi) is 7.04. The van der Waals surface area contributed by atoms with Gasteiger partial charge in [-0.05, 0) is 18.8 Å². The van der Waals surface area contributed by atoms with Crippen LogP contribution in [0.3, 0.4) is 0 Å². The predicted molar refractivity (Wildman–Crippen MR) is 45.2 cm³/mol. The van der Waals surface area contributed by atoms with Gasteiger partial charge in [-0.15, -0.1) is 0 Å². The molecule has 0 amide bonds. The summed E-state index contributed by atoms with van der Waals surface area (Å²) in [6.07, 6.45) is 3.88. The van der Waals surface area contributed by atoms with Gasteiger partial charge in [-0.1, -0.05) is 27.2 Å². The maximum atomic E-state index is 5.18. The average Bonchev–Trinajstić information content (AvgIpc) is 1.91. The van der Waals surface area contributed by atoms with E-state index < -0.39 is 0 Å². The second kappa shape index (κ2) is 7.07. The molecule has 10 heavy (non-hydrogen) atoms. The Balaban J connectivity index is 0.000000236. The summed E-state index contributed by atoms with van der Waals surface area (Å²) >= 11 is 0. The second-order valence-electron chi connectivity index (χ2n) is 3.03. The minimum atomic E-state index is 0.814. The Bertz CT molecular complexity index is 55.7. The summed E-state index contributed by atoms with van der Waals surface area (Å²) in [5, 5.41) is 0. The normalized spacial score (nSPS) is 24.9. The second-order valence-corrected chi connectivity index (χ2v) is 3.03. The third-order valence-electron chi connectivity index (χ3n) is 1.39. The zero-order valence-electron chi connectivity index (χ0n) is 7.52. The minimum absolute atomic E-state index is 0.814. The topological polar surface area (TPSA) is 9.23 Å². The predicted octanol–water partition coefficient (Wildman–Crippen LogP) is 2.85. The summed E-state index contributed by atoms with van der Waals surface area (Å²) in [7, 11) is 0. The van der Waals surface area contributed by atoms with E-state index in [9.17, 15) is 0 Å². The molecule has 0 aliphatic carbocycles. The van der Waals surface area contributed by atoms with Crippen molar-refractivity contribution in [2.75, 3.05) is 13.2 Å². The Morgan fingerprint density at radius 1 is 1.40 bits per heavy atom. The third-order valence-corrected chi connectivity index (χ3v) is 1.39. The lowest BCUT2D eigenvalue weighted by Gasteiger charge is -2.16. The summed E-state index contributed by atoms with van der Waals surface area (Å²) in [6, 6.07) is 0. The Labute approximate surface area is 64.8 Å². The minimum Gasteiger partial charge on any atom is -0.381 e. The molecule has 1 saturated heterocycles. The van der Waals surface area contributed by atoms with Gasteiger partial charge in [0.2, 0.25) is 0 Å². The monoisotopic (exact) mass is 144 g/mol. The highest BCUT2D eigenvalue weighted by atomic mass is 16.5. The highest BCUT2D eigenvalue weighted by Crippen LogP contribution is 2.10. The van der Waals surface area contributed by atoms with Crippen LogP contribution in [0.4, 0.5) is 0 Å². The van der Waals surface area contributed by atoms with Crippen molar-refractivity contribution >= 4 is 0 Å². The summed E-state index contributed by atoms with van der Waals surface area (Å²) < 4.78 is 5.18. The van der Waals surface area contributed by atoms with Crippen LogP contribution >= 0.6 is 0 Å². The molecular weight excluding hydrogens is 124 g/mol. The fourth-order valence-corrected chi connectivity index (χ4v) is 0.902.